The SMILES string of the molecule is COC(=O)c1ccnn1C1CCC1. The first-order valence-corrected chi connectivity index (χ1v) is 4.45. The third-order valence-corrected chi connectivity index (χ3v) is 2.49. The highest BCUT2D eigenvalue weighted by atomic mass is 16.5. The fourth-order valence-corrected chi connectivity index (χ4v) is 1.50. The molecule has 0 N–H and O–H groups in total. The summed E-state index contributed by atoms with van der Waals surface area (Å²) in [6.07, 6.45) is 5.10. The lowest BCUT2D eigenvalue weighted by molar-refractivity contribution is 0.0578. The van der Waals surface area contributed by atoms with Gasteiger partial charge >= 0.3 is 5.97 Å². The monoisotopic (exact) mass is 180 g/mol. The molecule has 0 unspecified atom stereocenters. The second-order valence-corrected chi connectivity index (χ2v) is 3.24. The van der Waals surface area contributed by atoms with Crippen LogP contribution in [0.3, 0.4) is 0 Å². The predicted molar refractivity (Wildman–Crippen MR) is 46.5 cm³/mol. The Bertz CT molecular complexity index is 315. The van der Waals surface area contributed by atoms with E-state index in [2.05, 4.69) is 9.84 Å². The van der Waals surface area contributed by atoms with Gasteiger partial charge in [-0.3, -0.25) is 4.68 Å². The van der Waals surface area contributed by atoms with Crippen LogP contribution >= 0.6 is 0 Å². The van der Waals surface area contributed by atoms with E-state index in [1.807, 2.05) is 0 Å². The number of rotatable bonds is 2. The molecule has 1 aliphatic rings. The number of hydrogen-bond acceptors (Lipinski definition) is 3. The Balaban J connectivity index is 2.24. The van der Waals surface area contributed by atoms with Gasteiger partial charge in [0.1, 0.15) is 5.69 Å². The zero-order valence-corrected chi connectivity index (χ0v) is 7.56. The Morgan fingerprint density at radius 1 is 1.69 bits per heavy atom. The number of ether oxygens (including phenoxy) is 1. The van der Waals surface area contributed by atoms with Crippen LogP contribution in [0.2, 0.25) is 0 Å². The summed E-state index contributed by atoms with van der Waals surface area (Å²) < 4.78 is 6.43. The van der Waals surface area contributed by atoms with Gasteiger partial charge in [-0.15, -0.1) is 0 Å². The van der Waals surface area contributed by atoms with Crippen molar-refractivity contribution in [3.8, 4) is 0 Å². The summed E-state index contributed by atoms with van der Waals surface area (Å²) in [5, 5.41) is 4.12. The van der Waals surface area contributed by atoms with E-state index < -0.39 is 0 Å². The van der Waals surface area contributed by atoms with Crippen LogP contribution in [0.5, 0.6) is 0 Å². The third kappa shape index (κ3) is 1.32. The molecule has 0 saturated heterocycles. The molecule has 2 rings (SSSR count). The van der Waals surface area contributed by atoms with E-state index >= 15 is 0 Å². The fraction of sp³-hybridized carbons (Fsp3) is 0.556. The number of esters is 1. The van der Waals surface area contributed by atoms with Gasteiger partial charge in [-0.1, -0.05) is 0 Å². The van der Waals surface area contributed by atoms with Crippen LogP contribution in [0, 0.1) is 0 Å². The van der Waals surface area contributed by atoms with Gasteiger partial charge in [-0.05, 0) is 25.3 Å². The molecule has 4 heteroatoms. The van der Waals surface area contributed by atoms with Crippen molar-refractivity contribution in [2.24, 2.45) is 0 Å². The van der Waals surface area contributed by atoms with E-state index in [-0.39, 0.29) is 5.97 Å². The smallest absolute Gasteiger partial charge is 0.356 e. The molecule has 1 heterocycles. The largest absolute Gasteiger partial charge is 0.464 e. The lowest BCUT2D eigenvalue weighted by Gasteiger charge is -2.26. The number of carbonyl (C=O) groups excluding carboxylic acids is 1. The third-order valence-electron chi connectivity index (χ3n) is 2.49. The fourth-order valence-electron chi connectivity index (χ4n) is 1.50. The van der Waals surface area contributed by atoms with Gasteiger partial charge in [-0.25, -0.2) is 4.79 Å². The Morgan fingerprint density at radius 2 is 2.46 bits per heavy atom. The summed E-state index contributed by atoms with van der Waals surface area (Å²) in [7, 11) is 1.39. The van der Waals surface area contributed by atoms with Crippen molar-refractivity contribution in [2.45, 2.75) is 25.3 Å². The standard InChI is InChI=1S/C9H12N2O2/c1-13-9(12)8-5-6-10-11(8)7-3-2-4-7/h5-7H,2-4H2,1H3. The van der Waals surface area contributed by atoms with Crippen molar-refractivity contribution in [1.82, 2.24) is 9.78 Å². The Morgan fingerprint density at radius 3 is 3.00 bits per heavy atom. The van der Waals surface area contributed by atoms with E-state index in [4.69, 9.17) is 0 Å². The lowest BCUT2D eigenvalue weighted by atomic mass is 9.93. The molecule has 1 aliphatic carbocycles. The molecule has 1 saturated carbocycles. The molecule has 0 aliphatic heterocycles. The molecular weight excluding hydrogens is 168 g/mol. The minimum absolute atomic E-state index is 0.301. The molecule has 0 spiro atoms. The molecule has 0 radical (unpaired) electrons. The topological polar surface area (TPSA) is 44.1 Å². The molecule has 1 aromatic heterocycles. The minimum Gasteiger partial charge on any atom is -0.464 e. The number of nitrogens with zero attached hydrogens (tertiary/aromatic N) is 2. The second kappa shape index (κ2) is 3.20. The normalized spacial score (nSPS) is 16.7. The number of hydrogen-bond donors (Lipinski definition) is 0. The summed E-state index contributed by atoms with van der Waals surface area (Å²) in [5.74, 6) is -0.301. The van der Waals surface area contributed by atoms with E-state index in [1.54, 1.807) is 16.9 Å². The van der Waals surface area contributed by atoms with Gasteiger partial charge in [0.05, 0.1) is 13.2 Å². The zero-order chi connectivity index (χ0) is 9.26. The van der Waals surface area contributed by atoms with Crippen LogP contribution in [0.25, 0.3) is 0 Å². The van der Waals surface area contributed by atoms with Gasteiger partial charge < -0.3 is 4.74 Å². The number of aromatic nitrogens is 2. The van der Waals surface area contributed by atoms with Crippen molar-refractivity contribution >= 4 is 5.97 Å². The van der Waals surface area contributed by atoms with Gasteiger partial charge in [0.15, 0.2) is 0 Å². The summed E-state index contributed by atoms with van der Waals surface area (Å²) in [4.78, 5) is 11.3. The maximum absolute atomic E-state index is 11.3. The maximum atomic E-state index is 11.3. The quantitative estimate of drug-likeness (QED) is 0.646. The molecular formula is C9H12N2O2. The van der Waals surface area contributed by atoms with Gasteiger partial charge in [0.2, 0.25) is 0 Å². The van der Waals surface area contributed by atoms with Crippen LogP contribution in [0.15, 0.2) is 12.3 Å². The van der Waals surface area contributed by atoms with E-state index in [9.17, 15) is 4.79 Å². The summed E-state index contributed by atoms with van der Waals surface area (Å²) in [5.41, 5.74) is 0.562. The molecule has 1 fully saturated rings. The average molecular weight is 180 g/mol. The van der Waals surface area contributed by atoms with Crippen LogP contribution in [-0.2, 0) is 4.74 Å². The molecule has 0 amide bonds. The maximum Gasteiger partial charge on any atom is 0.356 e. The molecule has 70 valence electrons. The minimum atomic E-state index is -0.301. The number of carbonyl (C=O) groups is 1. The Hall–Kier alpha value is -1.32. The highest BCUT2D eigenvalue weighted by Gasteiger charge is 2.24. The average Bonchev–Trinajstić information content (AvgIpc) is 2.49. The van der Waals surface area contributed by atoms with Crippen molar-refractivity contribution in [3.63, 3.8) is 0 Å². The van der Waals surface area contributed by atoms with Crippen LogP contribution in [-0.4, -0.2) is 22.9 Å². The Kier molecular flexibility index (Phi) is 2.04. The van der Waals surface area contributed by atoms with Crippen LogP contribution in [0.1, 0.15) is 35.8 Å². The molecule has 4 nitrogen and oxygen atoms in total. The van der Waals surface area contributed by atoms with Crippen LogP contribution in [0.4, 0.5) is 0 Å². The van der Waals surface area contributed by atoms with E-state index in [0.717, 1.165) is 12.8 Å². The molecule has 0 bridgehead atoms. The molecule has 0 atom stereocenters. The van der Waals surface area contributed by atoms with Crippen molar-refractivity contribution < 1.29 is 9.53 Å². The second-order valence-electron chi connectivity index (χ2n) is 3.24. The Labute approximate surface area is 76.5 Å². The van der Waals surface area contributed by atoms with Gasteiger partial charge in [0, 0.05) is 6.20 Å². The summed E-state index contributed by atoms with van der Waals surface area (Å²) >= 11 is 0. The number of methoxy groups -OCH3 is 1. The first-order valence-electron chi connectivity index (χ1n) is 4.45. The van der Waals surface area contributed by atoms with Crippen LogP contribution < -0.4 is 0 Å². The molecule has 13 heavy (non-hydrogen) atoms. The lowest BCUT2D eigenvalue weighted by Crippen LogP contribution is -2.22. The van der Waals surface area contributed by atoms with Crippen molar-refractivity contribution in [2.75, 3.05) is 7.11 Å². The van der Waals surface area contributed by atoms with E-state index in [0.29, 0.717) is 11.7 Å². The van der Waals surface area contributed by atoms with Gasteiger partial charge in [-0.2, -0.15) is 5.10 Å². The summed E-state index contributed by atoms with van der Waals surface area (Å²) in [6.45, 7) is 0. The van der Waals surface area contributed by atoms with Crippen molar-refractivity contribution in [3.05, 3.63) is 18.0 Å². The predicted octanol–water partition coefficient (Wildman–Crippen LogP) is 1.39. The highest BCUT2D eigenvalue weighted by molar-refractivity contribution is 5.87. The van der Waals surface area contributed by atoms with E-state index in [1.165, 1.54) is 13.5 Å². The van der Waals surface area contributed by atoms with Gasteiger partial charge in [0.25, 0.3) is 0 Å². The molecule has 1 aromatic rings. The van der Waals surface area contributed by atoms with Crippen molar-refractivity contribution in [1.29, 1.82) is 0 Å². The molecule has 0 aromatic carbocycles. The first-order chi connectivity index (χ1) is 6.33. The highest BCUT2D eigenvalue weighted by Crippen LogP contribution is 2.31. The first kappa shape index (κ1) is 8.29. The zero-order valence-electron chi connectivity index (χ0n) is 7.56. The summed E-state index contributed by atoms with van der Waals surface area (Å²) in [6, 6.07) is 2.11.